The highest BCUT2D eigenvalue weighted by Crippen LogP contribution is 2.31. The van der Waals surface area contributed by atoms with Crippen LogP contribution in [0.4, 0.5) is 0 Å². The molecule has 4 rings (SSSR count). The normalized spacial score (nSPS) is 16.8. The number of benzene rings is 1. The van der Waals surface area contributed by atoms with Gasteiger partial charge < -0.3 is 10.6 Å². The Kier molecular flexibility index (Phi) is 15.4. The zero-order valence-corrected chi connectivity index (χ0v) is 26.7. The molecule has 2 saturated heterocycles. The van der Waals surface area contributed by atoms with Crippen molar-refractivity contribution in [3.8, 4) is 0 Å². The average Bonchev–Trinajstić information content (AvgIpc) is 2.98. The van der Waals surface area contributed by atoms with Gasteiger partial charge in [0.15, 0.2) is 0 Å². The van der Waals surface area contributed by atoms with Crippen LogP contribution < -0.4 is 5.73 Å². The van der Waals surface area contributed by atoms with E-state index in [1.165, 1.54) is 74.1 Å². The maximum Gasteiger partial charge on any atom is 0.0410 e. The molecule has 2 aliphatic heterocycles. The lowest BCUT2D eigenvalue weighted by molar-refractivity contribution is 0.0363. The van der Waals surface area contributed by atoms with E-state index in [2.05, 4.69) is 85.9 Å². The van der Waals surface area contributed by atoms with Crippen LogP contribution >= 0.6 is 0 Å². The van der Waals surface area contributed by atoms with Gasteiger partial charge in [0.25, 0.3) is 0 Å². The Morgan fingerprint density at radius 1 is 1.05 bits per heavy atom. The van der Waals surface area contributed by atoms with Crippen LogP contribution in [0.5, 0.6) is 0 Å². The highest BCUT2D eigenvalue weighted by Gasteiger charge is 2.32. The number of allylic oxidation sites excluding steroid dienone is 3. The van der Waals surface area contributed by atoms with Gasteiger partial charge >= 0.3 is 0 Å². The lowest BCUT2D eigenvalue weighted by Crippen LogP contribution is -2.59. The van der Waals surface area contributed by atoms with E-state index in [4.69, 9.17) is 5.73 Å². The molecule has 3 heterocycles. The van der Waals surface area contributed by atoms with E-state index < -0.39 is 0 Å². The van der Waals surface area contributed by atoms with Crippen molar-refractivity contribution in [1.29, 1.82) is 0 Å². The molecule has 1 aromatic carbocycles. The van der Waals surface area contributed by atoms with Crippen LogP contribution in [0.3, 0.4) is 0 Å². The number of piperidine rings is 1. The highest BCUT2D eigenvalue weighted by molar-refractivity contribution is 6.10. The SMILES string of the molecule is C=CC=C.CCCC.CN=C/C(=C\N)c1ccnc(C)c1CCc1ccc(C2CCN(C3CN(C)C3)CC2)cc1C. The van der Waals surface area contributed by atoms with Gasteiger partial charge in [-0.2, -0.15) is 0 Å². The molecule has 0 aliphatic carbocycles. The van der Waals surface area contributed by atoms with Crippen LogP contribution in [0.25, 0.3) is 5.57 Å². The van der Waals surface area contributed by atoms with Gasteiger partial charge in [0.05, 0.1) is 0 Å². The third kappa shape index (κ3) is 10.4. The molecule has 0 saturated carbocycles. The summed E-state index contributed by atoms with van der Waals surface area (Å²) in [6.07, 6.45) is 15.7. The summed E-state index contributed by atoms with van der Waals surface area (Å²) in [7, 11) is 4.00. The van der Waals surface area contributed by atoms with Gasteiger partial charge in [-0.05, 0) is 99.5 Å². The Bertz CT molecular complexity index is 1130. The van der Waals surface area contributed by atoms with Crippen LogP contribution in [0.15, 0.2) is 67.0 Å². The molecule has 0 bridgehead atoms. The second-order valence-electron chi connectivity index (χ2n) is 11.3. The number of aromatic nitrogens is 1. The lowest BCUT2D eigenvalue weighted by Gasteiger charge is -2.46. The number of hydrogen-bond acceptors (Lipinski definition) is 5. The van der Waals surface area contributed by atoms with E-state index in [0.717, 1.165) is 35.7 Å². The van der Waals surface area contributed by atoms with Crippen LogP contribution in [0.2, 0.25) is 0 Å². The Balaban J connectivity index is 0.000000653. The number of rotatable bonds is 9. The topological polar surface area (TPSA) is 57.8 Å². The molecule has 41 heavy (non-hydrogen) atoms. The number of unbranched alkanes of at least 4 members (excludes halogenated alkanes) is 1. The number of nitrogens with zero attached hydrogens (tertiary/aromatic N) is 4. The molecule has 2 aromatic rings. The smallest absolute Gasteiger partial charge is 0.0410 e. The fourth-order valence-corrected chi connectivity index (χ4v) is 5.53. The van der Waals surface area contributed by atoms with Crippen molar-refractivity contribution in [3.05, 3.63) is 95.5 Å². The van der Waals surface area contributed by atoms with E-state index in [0.29, 0.717) is 5.92 Å². The van der Waals surface area contributed by atoms with Gasteiger partial charge in [0.2, 0.25) is 0 Å². The molecule has 1 aromatic heterocycles. The monoisotopic (exact) mass is 557 g/mol. The number of aryl methyl sites for hydroxylation is 3. The van der Waals surface area contributed by atoms with Gasteiger partial charge in [-0.15, -0.1) is 0 Å². The zero-order chi connectivity index (χ0) is 30.2. The summed E-state index contributed by atoms with van der Waals surface area (Å²) in [5.74, 6) is 0.699. The van der Waals surface area contributed by atoms with Crippen molar-refractivity contribution in [2.45, 2.75) is 78.2 Å². The maximum atomic E-state index is 5.89. The number of nitrogens with two attached hydrogens (primary N) is 1. The molecule has 0 spiro atoms. The van der Waals surface area contributed by atoms with Gasteiger partial charge in [0, 0.05) is 56.1 Å². The molecular formula is C36H55N5. The molecule has 2 aliphatic rings. The first-order chi connectivity index (χ1) is 19.8. The summed E-state index contributed by atoms with van der Waals surface area (Å²) < 4.78 is 0. The van der Waals surface area contributed by atoms with Crippen molar-refractivity contribution in [2.24, 2.45) is 10.7 Å². The molecule has 0 atom stereocenters. The molecule has 2 fully saturated rings. The molecule has 2 N–H and O–H groups in total. The third-order valence-corrected chi connectivity index (χ3v) is 8.27. The highest BCUT2D eigenvalue weighted by atomic mass is 15.3. The minimum atomic E-state index is 0.699. The predicted octanol–water partition coefficient (Wildman–Crippen LogP) is 7.14. The average molecular weight is 558 g/mol. The van der Waals surface area contributed by atoms with Crippen molar-refractivity contribution >= 4 is 11.8 Å². The minimum absolute atomic E-state index is 0.699. The third-order valence-electron chi connectivity index (χ3n) is 8.27. The fourth-order valence-electron chi connectivity index (χ4n) is 5.53. The van der Waals surface area contributed by atoms with Crippen LogP contribution in [0, 0.1) is 13.8 Å². The fraction of sp³-hybridized carbons (Fsp3) is 0.500. The number of pyridine rings is 1. The first-order valence-corrected chi connectivity index (χ1v) is 15.4. The summed E-state index contributed by atoms with van der Waals surface area (Å²) in [6.45, 7) is 20.4. The molecular weight excluding hydrogens is 502 g/mol. The van der Waals surface area contributed by atoms with Gasteiger partial charge in [-0.3, -0.25) is 14.9 Å². The summed E-state index contributed by atoms with van der Waals surface area (Å²) in [6, 6.07) is 10.0. The quantitative estimate of drug-likeness (QED) is 0.263. The maximum absolute atomic E-state index is 5.89. The predicted molar refractivity (Wildman–Crippen MR) is 180 cm³/mol. The van der Waals surface area contributed by atoms with Crippen LogP contribution in [-0.4, -0.2) is 67.3 Å². The Hall–Kier alpha value is -3.02. The van der Waals surface area contributed by atoms with Gasteiger partial charge in [-0.25, -0.2) is 0 Å². The van der Waals surface area contributed by atoms with Crippen molar-refractivity contribution in [3.63, 3.8) is 0 Å². The van der Waals surface area contributed by atoms with Crippen LogP contribution in [-0.2, 0) is 12.8 Å². The Morgan fingerprint density at radius 3 is 2.22 bits per heavy atom. The van der Waals surface area contributed by atoms with E-state index in [-0.39, 0.29) is 0 Å². The van der Waals surface area contributed by atoms with Crippen LogP contribution in [0.1, 0.15) is 79.0 Å². The molecule has 224 valence electrons. The van der Waals surface area contributed by atoms with E-state index in [1.807, 2.05) is 18.5 Å². The molecule has 0 radical (unpaired) electrons. The molecule has 5 nitrogen and oxygen atoms in total. The summed E-state index contributed by atoms with van der Waals surface area (Å²) in [5, 5.41) is 0. The minimum Gasteiger partial charge on any atom is -0.404 e. The summed E-state index contributed by atoms with van der Waals surface area (Å²) >= 11 is 0. The molecule has 5 heteroatoms. The first kappa shape index (κ1) is 34.2. The number of hydrogen-bond donors (Lipinski definition) is 1. The zero-order valence-electron chi connectivity index (χ0n) is 26.7. The Morgan fingerprint density at radius 2 is 1.71 bits per heavy atom. The molecule has 0 unspecified atom stereocenters. The van der Waals surface area contributed by atoms with E-state index in [9.17, 15) is 0 Å². The number of likely N-dealkylation sites (tertiary alicyclic amines) is 2. The number of aliphatic imine (C=N–C) groups is 1. The Labute approximate surface area is 251 Å². The van der Waals surface area contributed by atoms with Gasteiger partial charge in [0.1, 0.15) is 0 Å². The largest absolute Gasteiger partial charge is 0.404 e. The first-order valence-electron chi connectivity index (χ1n) is 15.4. The van der Waals surface area contributed by atoms with Crippen molar-refractivity contribution < 1.29 is 0 Å². The standard InChI is InChI=1S/C28H39N5.C4H10.C4H6/c1-20-15-24(23-10-13-33(14-11-23)26-18-32(4)19-26)6-5-22(20)7-8-27-21(2)31-12-9-28(27)25(16-29)17-30-3;2*1-3-4-2/h5-6,9,12,15-17,23,26H,7-8,10-11,13-14,18-19,29H2,1-4H3;3-4H2,1-2H3;3-4H,1-2H2/b25-16+,30-17?;;. The summed E-state index contributed by atoms with van der Waals surface area (Å²) in [4.78, 5) is 13.8. The van der Waals surface area contributed by atoms with Crippen molar-refractivity contribution in [2.75, 3.05) is 40.3 Å². The second-order valence-corrected chi connectivity index (χ2v) is 11.3. The van der Waals surface area contributed by atoms with E-state index in [1.54, 1.807) is 25.4 Å². The lowest BCUT2D eigenvalue weighted by atomic mass is 9.86. The second kappa shape index (κ2) is 18.4. The van der Waals surface area contributed by atoms with Crippen molar-refractivity contribution in [1.82, 2.24) is 14.8 Å². The number of likely N-dealkylation sites (N-methyl/N-ethyl adjacent to an activating group) is 1. The van der Waals surface area contributed by atoms with E-state index >= 15 is 0 Å². The summed E-state index contributed by atoms with van der Waals surface area (Å²) in [5.41, 5.74) is 14.6. The molecule has 0 amide bonds. The van der Waals surface area contributed by atoms with Gasteiger partial charge in [-0.1, -0.05) is 70.2 Å².